The summed E-state index contributed by atoms with van der Waals surface area (Å²) in [6, 6.07) is 5.57. The fourth-order valence-corrected chi connectivity index (χ4v) is 5.04. The van der Waals surface area contributed by atoms with Crippen LogP contribution in [0.5, 0.6) is 5.75 Å². The highest BCUT2D eigenvalue weighted by molar-refractivity contribution is 8.01. The SMILES string of the molecule is CCCSc1nnc(NC(=O)c2sc3ccc(OC)cc3c2Cl)s1. The quantitative estimate of drug-likeness (QED) is 0.457. The summed E-state index contributed by atoms with van der Waals surface area (Å²) in [5.74, 6) is 1.41. The molecule has 9 heteroatoms. The Morgan fingerprint density at radius 3 is 2.96 bits per heavy atom. The van der Waals surface area contributed by atoms with Crippen LogP contribution < -0.4 is 10.1 Å². The lowest BCUT2D eigenvalue weighted by molar-refractivity contribution is 0.103. The zero-order chi connectivity index (χ0) is 17.1. The number of methoxy groups -OCH3 is 1. The zero-order valence-corrected chi connectivity index (χ0v) is 16.2. The van der Waals surface area contributed by atoms with Gasteiger partial charge in [0, 0.05) is 15.8 Å². The number of halogens is 1. The number of nitrogens with zero attached hydrogens (tertiary/aromatic N) is 2. The lowest BCUT2D eigenvalue weighted by Gasteiger charge is -1.99. The average Bonchev–Trinajstić information content (AvgIpc) is 3.17. The monoisotopic (exact) mass is 399 g/mol. The number of carbonyl (C=O) groups is 1. The van der Waals surface area contributed by atoms with Crippen molar-refractivity contribution in [3.8, 4) is 5.75 Å². The van der Waals surface area contributed by atoms with Crippen molar-refractivity contribution in [1.82, 2.24) is 10.2 Å². The van der Waals surface area contributed by atoms with Gasteiger partial charge in [0.1, 0.15) is 10.6 Å². The molecule has 2 aromatic heterocycles. The van der Waals surface area contributed by atoms with Gasteiger partial charge in [0.05, 0.1) is 12.1 Å². The molecule has 0 saturated heterocycles. The Balaban J connectivity index is 1.81. The predicted molar refractivity (Wildman–Crippen MR) is 102 cm³/mol. The van der Waals surface area contributed by atoms with Gasteiger partial charge < -0.3 is 4.74 Å². The minimum atomic E-state index is -0.275. The van der Waals surface area contributed by atoms with Crippen molar-refractivity contribution < 1.29 is 9.53 Å². The molecule has 0 spiro atoms. The molecular formula is C15H14ClN3O2S3. The molecule has 126 valence electrons. The first-order valence-electron chi connectivity index (χ1n) is 7.16. The molecule has 1 aromatic carbocycles. The first-order chi connectivity index (χ1) is 11.6. The highest BCUT2D eigenvalue weighted by atomic mass is 35.5. The molecule has 3 rings (SSSR count). The minimum absolute atomic E-state index is 0.275. The molecule has 24 heavy (non-hydrogen) atoms. The van der Waals surface area contributed by atoms with Gasteiger partial charge in [-0.15, -0.1) is 21.5 Å². The highest BCUT2D eigenvalue weighted by Crippen LogP contribution is 2.38. The van der Waals surface area contributed by atoms with E-state index in [0.717, 1.165) is 26.6 Å². The number of hydrogen-bond acceptors (Lipinski definition) is 7. The number of ether oxygens (including phenoxy) is 1. The molecule has 0 atom stereocenters. The first kappa shape index (κ1) is 17.5. The third kappa shape index (κ3) is 3.66. The third-order valence-electron chi connectivity index (χ3n) is 3.10. The number of hydrogen-bond donors (Lipinski definition) is 1. The van der Waals surface area contributed by atoms with E-state index >= 15 is 0 Å². The average molecular weight is 400 g/mol. The van der Waals surface area contributed by atoms with E-state index in [2.05, 4.69) is 22.4 Å². The van der Waals surface area contributed by atoms with Crippen LogP contribution in [0.1, 0.15) is 23.0 Å². The number of benzene rings is 1. The maximum atomic E-state index is 12.5. The highest BCUT2D eigenvalue weighted by Gasteiger charge is 2.19. The topological polar surface area (TPSA) is 64.1 Å². The van der Waals surface area contributed by atoms with Gasteiger partial charge in [0.15, 0.2) is 4.34 Å². The molecular weight excluding hydrogens is 386 g/mol. The van der Waals surface area contributed by atoms with Crippen molar-refractivity contribution in [2.24, 2.45) is 0 Å². The Kier molecular flexibility index (Phi) is 5.60. The normalized spacial score (nSPS) is 11.0. The van der Waals surface area contributed by atoms with E-state index in [-0.39, 0.29) is 5.91 Å². The number of rotatable bonds is 6. The number of fused-ring (bicyclic) bond motifs is 1. The van der Waals surface area contributed by atoms with Gasteiger partial charge in [-0.1, -0.05) is 41.6 Å². The molecule has 3 aromatic rings. The number of thiophene rings is 1. The lowest BCUT2D eigenvalue weighted by atomic mass is 10.2. The van der Waals surface area contributed by atoms with Gasteiger partial charge >= 0.3 is 0 Å². The summed E-state index contributed by atoms with van der Waals surface area (Å²) in [5, 5.41) is 12.5. The maximum Gasteiger partial charge on any atom is 0.269 e. The van der Waals surface area contributed by atoms with Crippen molar-refractivity contribution in [3.05, 3.63) is 28.1 Å². The van der Waals surface area contributed by atoms with Crippen molar-refractivity contribution >= 4 is 67.2 Å². The zero-order valence-electron chi connectivity index (χ0n) is 13.0. The van der Waals surface area contributed by atoms with Crippen molar-refractivity contribution in [2.75, 3.05) is 18.2 Å². The molecule has 0 saturated carbocycles. The Morgan fingerprint density at radius 2 is 2.21 bits per heavy atom. The minimum Gasteiger partial charge on any atom is -0.497 e. The van der Waals surface area contributed by atoms with Gasteiger partial charge in [-0.05, 0) is 24.6 Å². The molecule has 5 nitrogen and oxygen atoms in total. The van der Waals surface area contributed by atoms with Gasteiger partial charge in [0.2, 0.25) is 5.13 Å². The van der Waals surface area contributed by atoms with Crippen LogP contribution in [0.3, 0.4) is 0 Å². The molecule has 2 heterocycles. The standard InChI is InChI=1S/C15H14ClN3O2S3/c1-3-6-22-15-19-18-14(24-15)17-13(20)12-11(16)9-7-8(21-2)4-5-10(9)23-12/h4-5,7H,3,6H2,1-2H3,(H,17,18,20). The fraction of sp³-hybridized carbons (Fsp3) is 0.267. The van der Waals surface area contributed by atoms with Crippen molar-refractivity contribution in [2.45, 2.75) is 17.7 Å². The van der Waals surface area contributed by atoms with Crippen molar-refractivity contribution in [1.29, 1.82) is 0 Å². The summed E-state index contributed by atoms with van der Waals surface area (Å²) < 4.78 is 6.98. The number of nitrogens with one attached hydrogen (secondary N) is 1. The van der Waals surface area contributed by atoms with Gasteiger partial charge in [-0.25, -0.2) is 0 Å². The summed E-state index contributed by atoms with van der Waals surface area (Å²) in [5.41, 5.74) is 0. The van der Waals surface area contributed by atoms with Crippen LogP contribution in [0.4, 0.5) is 5.13 Å². The Hall–Kier alpha value is -1.35. The maximum absolute atomic E-state index is 12.5. The Morgan fingerprint density at radius 1 is 1.38 bits per heavy atom. The Labute approximate surface area is 156 Å². The van der Waals surface area contributed by atoms with E-state index in [1.807, 2.05) is 18.2 Å². The van der Waals surface area contributed by atoms with Crippen LogP contribution in [0.2, 0.25) is 5.02 Å². The van der Waals surface area contributed by atoms with E-state index in [9.17, 15) is 4.79 Å². The smallest absolute Gasteiger partial charge is 0.269 e. The van der Waals surface area contributed by atoms with Gasteiger partial charge in [0.25, 0.3) is 5.91 Å². The van der Waals surface area contributed by atoms with Crippen LogP contribution in [0.25, 0.3) is 10.1 Å². The largest absolute Gasteiger partial charge is 0.497 e. The van der Waals surface area contributed by atoms with Crippen LogP contribution in [0.15, 0.2) is 22.5 Å². The second kappa shape index (κ2) is 7.69. The number of thioether (sulfide) groups is 1. The molecule has 0 aliphatic heterocycles. The van der Waals surface area contributed by atoms with Gasteiger partial charge in [-0.2, -0.15) is 0 Å². The summed E-state index contributed by atoms with van der Waals surface area (Å²) in [6.45, 7) is 2.11. The van der Waals surface area contributed by atoms with Crippen LogP contribution in [-0.2, 0) is 0 Å². The number of anilines is 1. The van der Waals surface area contributed by atoms with E-state index in [1.54, 1.807) is 18.9 Å². The van der Waals surface area contributed by atoms with E-state index < -0.39 is 0 Å². The van der Waals surface area contributed by atoms with Crippen molar-refractivity contribution in [3.63, 3.8) is 0 Å². The summed E-state index contributed by atoms with van der Waals surface area (Å²) in [6.07, 6.45) is 1.06. The molecule has 0 aliphatic rings. The Bertz CT molecular complexity index is 878. The third-order valence-corrected chi connectivity index (χ3v) is 6.95. The first-order valence-corrected chi connectivity index (χ1v) is 10.2. The number of aromatic nitrogens is 2. The molecule has 0 unspecified atom stereocenters. The van der Waals surface area contributed by atoms with Gasteiger partial charge in [-0.3, -0.25) is 10.1 Å². The van der Waals surface area contributed by atoms with E-state index in [0.29, 0.717) is 20.8 Å². The van der Waals surface area contributed by atoms with Crippen LogP contribution >= 0.6 is 46.0 Å². The predicted octanol–water partition coefficient (Wildman–Crippen LogP) is 5.17. The molecule has 0 fully saturated rings. The second-order valence-electron chi connectivity index (χ2n) is 4.78. The molecule has 0 bridgehead atoms. The number of amides is 1. The van der Waals surface area contributed by atoms with Crippen LogP contribution in [-0.4, -0.2) is 29.0 Å². The fourth-order valence-electron chi connectivity index (χ4n) is 1.98. The lowest BCUT2D eigenvalue weighted by Crippen LogP contribution is -2.10. The second-order valence-corrected chi connectivity index (χ2v) is 8.53. The summed E-state index contributed by atoms with van der Waals surface area (Å²) in [7, 11) is 1.60. The molecule has 1 amide bonds. The van der Waals surface area contributed by atoms with E-state index in [1.165, 1.54) is 22.7 Å². The van der Waals surface area contributed by atoms with Crippen LogP contribution in [0, 0.1) is 0 Å². The molecule has 1 N–H and O–H groups in total. The molecule has 0 radical (unpaired) electrons. The summed E-state index contributed by atoms with van der Waals surface area (Å²) >= 11 is 10.7. The summed E-state index contributed by atoms with van der Waals surface area (Å²) in [4.78, 5) is 13.0. The van der Waals surface area contributed by atoms with E-state index in [4.69, 9.17) is 16.3 Å². The molecule has 0 aliphatic carbocycles. The number of carbonyl (C=O) groups excluding carboxylic acids is 1.